The number of halogens is 1. The molecular formula is C20H17FN4O3. The van der Waals surface area contributed by atoms with Gasteiger partial charge < -0.3 is 15.2 Å². The van der Waals surface area contributed by atoms with Crippen molar-refractivity contribution in [2.45, 2.75) is 25.8 Å². The monoisotopic (exact) mass is 380 g/mol. The molecule has 2 aromatic carbocycles. The average Bonchev–Trinajstić information content (AvgIpc) is 3.30. The van der Waals surface area contributed by atoms with Gasteiger partial charge >= 0.3 is 0 Å². The Morgan fingerprint density at radius 2 is 2.04 bits per heavy atom. The number of amides is 2. The van der Waals surface area contributed by atoms with Crippen LogP contribution >= 0.6 is 0 Å². The van der Waals surface area contributed by atoms with Crippen molar-refractivity contribution in [2.75, 3.05) is 5.32 Å². The third-order valence-corrected chi connectivity index (χ3v) is 4.44. The lowest BCUT2D eigenvalue weighted by Crippen LogP contribution is -2.13. The van der Waals surface area contributed by atoms with E-state index in [0.717, 1.165) is 5.56 Å². The maximum Gasteiger partial charge on any atom is 0.251 e. The van der Waals surface area contributed by atoms with Gasteiger partial charge in [-0.05, 0) is 48.4 Å². The average molecular weight is 380 g/mol. The lowest BCUT2D eigenvalue weighted by Gasteiger charge is -2.06. The van der Waals surface area contributed by atoms with Crippen molar-refractivity contribution in [3.63, 3.8) is 0 Å². The highest BCUT2D eigenvalue weighted by Gasteiger charge is 2.19. The van der Waals surface area contributed by atoms with E-state index >= 15 is 0 Å². The van der Waals surface area contributed by atoms with Crippen LogP contribution in [-0.2, 0) is 17.8 Å². The first kappa shape index (κ1) is 17.8. The maximum atomic E-state index is 13.0. The van der Waals surface area contributed by atoms with Crippen LogP contribution < -0.4 is 10.6 Å². The van der Waals surface area contributed by atoms with Crippen LogP contribution in [0.3, 0.4) is 0 Å². The number of rotatable bonds is 6. The van der Waals surface area contributed by atoms with Crippen molar-refractivity contribution < 1.29 is 18.5 Å². The number of nitrogens with one attached hydrogen (secondary N) is 2. The summed E-state index contributed by atoms with van der Waals surface area (Å²) in [5, 5.41) is 9.41. The molecule has 4 rings (SSSR count). The summed E-state index contributed by atoms with van der Waals surface area (Å²) < 4.78 is 18.1. The second kappa shape index (κ2) is 7.59. The van der Waals surface area contributed by atoms with Gasteiger partial charge in [0.25, 0.3) is 5.91 Å². The third kappa shape index (κ3) is 3.90. The molecule has 8 heteroatoms. The molecule has 1 aromatic heterocycles. The molecule has 1 aliphatic heterocycles. The fourth-order valence-electron chi connectivity index (χ4n) is 2.99. The Bertz CT molecular complexity index is 1030. The van der Waals surface area contributed by atoms with Crippen LogP contribution in [0.25, 0.3) is 11.4 Å². The number of aromatic nitrogens is 2. The van der Waals surface area contributed by atoms with Crippen LogP contribution in [0.1, 0.15) is 34.7 Å². The Balaban J connectivity index is 1.28. The van der Waals surface area contributed by atoms with Crippen LogP contribution in [0, 0.1) is 5.82 Å². The molecule has 0 atom stereocenters. The van der Waals surface area contributed by atoms with Crippen molar-refractivity contribution >= 4 is 17.5 Å². The summed E-state index contributed by atoms with van der Waals surface area (Å²) in [6.45, 7) is 0.520. The summed E-state index contributed by atoms with van der Waals surface area (Å²) >= 11 is 0. The molecule has 0 radical (unpaired) electrons. The minimum atomic E-state index is -0.331. The molecule has 0 saturated heterocycles. The second-order valence-electron chi connectivity index (χ2n) is 6.47. The minimum absolute atomic E-state index is 0.126. The number of nitrogens with zero attached hydrogens (tertiary/aromatic N) is 2. The summed E-state index contributed by atoms with van der Waals surface area (Å²) in [6, 6.07) is 11.1. The van der Waals surface area contributed by atoms with E-state index in [9.17, 15) is 14.0 Å². The van der Waals surface area contributed by atoms with Gasteiger partial charge in [0.15, 0.2) is 0 Å². The van der Waals surface area contributed by atoms with Gasteiger partial charge in [0.2, 0.25) is 17.6 Å². The van der Waals surface area contributed by atoms with E-state index in [1.807, 2.05) is 6.07 Å². The Labute approximate surface area is 160 Å². The first-order valence-corrected chi connectivity index (χ1v) is 8.88. The van der Waals surface area contributed by atoms with E-state index in [1.54, 1.807) is 24.3 Å². The fraction of sp³-hybridized carbons (Fsp3) is 0.200. The van der Waals surface area contributed by atoms with Crippen LogP contribution in [0.4, 0.5) is 10.1 Å². The van der Waals surface area contributed by atoms with Gasteiger partial charge in [-0.1, -0.05) is 11.2 Å². The largest absolute Gasteiger partial charge is 0.348 e. The van der Waals surface area contributed by atoms with Gasteiger partial charge in [-0.25, -0.2) is 4.39 Å². The Hall–Kier alpha value is -3.55. The van der Waals surface area contributed by atoms with Gasteiger partial charge in [0.1, 0.15) is 5.82 Å². The van der Waals surface area contributed by atoms with Crippen LogP contribution in [0.15, 0.2) is 47.0 Å². The van der Waals surface area contributed by atoms with Gasteiger partial charge in [0.05, 0.1) is 0 Å². The number of benzene rings is 2. The molecule has 2 heterocycles. The summed E-state index contributed by atoms with van der Waals surface area (Å²) in [5.74, 6) is 0.191. The molecule has 2 N–H and O–H groups in total. The number of hydrogen-bond donors (Lipinski definition) is 2. The highest BCUT2D eigenvalue weighted by atomic mass is 19.1. The first-order valence-electron chi connectivity index (χ1n) is 8.88. The van der Waals surface area contributed by atoms with Crippen molar-refractivity contribution in [1.29, 1.82) is 0 Å². The molecule has 3 aromatic rings. The van der Waals surface area contributed by atoms with Gasteiger partial charge in [-0.3, -0.25) is 9.59 Å². The summed E-state index contributed by atoms with van der Waals surface area (Å²) in [5.41, 5.74) is 2.78. The van der Waals surface area contributed by atoms with Crippen molar-refractivity contribution in [3.8, 4) is 11.4 Å². The molecule has 1 aliphatic rings. The Kier molecular flexibility index (Phi) is 4.84. The van der Waals surface area contributed by atoms with Crippen LogP contribution in [0.5, 0.6) is 0 Å². The zero-order valence-corrected chi connectivity index (χ0v) is 14.9. The van der Waals surface area contributed by atoms with Gasteiger partial charge in [-0.2, -0.15) is 4.98 Å². The lowest BCUT2D eigenvalue weighted by atomic mass is 10.1. The highest BCUT2D eigenvalue weighted by molar-refractivity contribution is 6.00. The van der Waals surface area contributed by atoms with E-state index < -0.39 is 0 Å². The zero-order chi connectivity index (χ0) is 19.5. The lowest BCUT2D eigenvalue weighted by molar-refractivity contribution is -0.116. The molecule has 0 aliphatic carbocycles. The summed E-state index contributed by atoms with van der Waals surface area (Å²) in [4.78, 5) is 28.1. The standard InChI is InChI=1S/C20H17FN4O3/c21-14-7-4-12(5-8-14)19-24-18(28-25-19)3-1-2-17(26)23-15-9-6-13-11-22-20(27)16(13)10-15/h4-10H,1-3,11H2,(H,22,27)(H,23,26). The predicted molar refractivity (Wildman–Crippen MR) is 98.9 cm³/mol. The van der Waals surface area contributed by atoms with Gasteiger partial charge in [-0.15, -0.1) is 0 Å². The molecule has 0 saturated carbocycles. The van der Waals surface area contributed by atoms with E-state index in [1.165, 1.54) is 12.1 Å². The molecule has 0 bridgehead atoms. The summed E-state index contributed by atoms with van der Waals surface area (Å²) in [7, 11) is 0. The maximum absolute atomic E-state index is 13.0. The smallest absolute Gasteiger partial charge is 0.251 e. The van der Waals surface area contributed by atoms with Crippen molar-refractivity contribution in [3.05, 3.63) is 65.3 Å². The number of hydrogen-bond acceptors (Lipinski definition) is 5. The molecule has 0 unspecified atom stereocenters. The van der Waals surface area contributed by atoms with E-state index in [0.29, 0.717) is 47.9 Å². The Morgan fingerprint density at radius 1 is 1.21 bits per heavy atom. The quantitative estimate of drug-likeness (QED) is 0.685. The SMILES string of the molecule is O=C(CCCc1nc(-c2ccc(F)cc2)no1)Nc1ccc2c(c1)C(=O)NC2. The zero-order valence-electron chi connectivity index (χ0n) is 14.9. The fourth-order valence-corrected chi connectivity index (χ4v) is 2.99. The first-order chi connectivity index (χ1) is 13.6. The summed E-state index contributed by atoms with van der Waals surface area (Å²) in [6.07, 6.45) is 1.26. The predicted octanol–water partition coefficient (Wildman–Crippen LogP) is 3.08. The molecule has 7 nitrogen and oxygen atoms in total. The van der Waals surface area contributed by atoms with E-state index in [4.69, 9.17) is 4.52 Å². The third-order valence-electron chi connectivity index (χ3n) is 4.44. The highest BCUT2D eigenvalue weighted by Crippen LogP contribution is 2.21. The minimum Gasteiger partial charge on any atom is -0.348 e. The number of fused-ring (bicyclic) bond motifs is 1. The molecule has 0 spiro atoms. The number of carbonyl (C=O) groups is 2. The van der Waals surface area contributed by atoms with E-state index in [2.05, 4.69) is 20.8 Å². The topological polar surface area (TPSA) is 97.1 Å². The van der Waals surface area contributed by atoms with Crippen molar-refractivity contribution in [2.24, 2.45) is 0 Å². The Morgan fingerprint density at radius 3 is 2.86 bits per heavy atom. The molecule has 2 amide bonds. The van der Waals surface area contributed by atoms with Crippen molar-refractivity contribution in [1.82, 2.24) is 15.5 Å². The van der Waals surface area contributed by atoms with Gasteiger partial charge in [0, 0.05) is 36.2 Å². The molecule has 0 fully saturated rings. The number of anilines is 1. The number of carbonyl (C=O) groups excluding carboxylic acids is 2. The molecule has 28 heavy (non-hydrogen) atoms. The number of aryl methyl sites for hydroxylation is 1. The second-order valence-corrected chi connectivity index (χ2v) is 6.47. The van der Waals surface area contributed by atoms with Crippen LogP contribution in [-0.4, -0.2) is 22.0 Å². The normalized spacial score (nSPS) is 12.5. The van der Waals surface area contributed by atoms with E-state index in [-0.39, 0.29) is 24.1 Å². The molecular weight excluding hydrogens is 363 g/mol. The van der Waals surface area contributed by atoms with Crippen LogP contribution in [0.2, 0.25) is 0 Å². The molecule has 142 valence electrons.